The molecular formula is C14H28BN3O5. The molecule has 0 aliphatic carbocycles. The molecule has 2 unspecified atom stereocenters. The number of nitrogens with one attached hydrogen (secondary N) is 1. The van der Waals surface area contributed by atoms with Gasteiger partial charge in [-0.3, -0.25) is 15.0 Å². The molecule has 0 aromatic heterocycles. The van der Waals surface area contributed by atoms with Crippen molar-refractivity contribution in [2.75, 3.05) is 6.54 Å². The zero-order chi connectivity index (χ0) is 17.6. The Labute approximate surface area is 137 Å². The summed E-state index contributed by atoms with van der Waals surface area (Å²) in [5.41, 5.74) is 7.31. The highest BCUT2D eigenvalue weighted by Crippen LogP contribution is 2.33. The summed E-state index contributed by atoms with van der Waals surface area (Å²) in [6, 6.07) is -0.317. The summed E-state index contributed by atoms with van der Waals surface area (Å²) < 4.78 is 0. The maximum atomic E-state index is 12.2. The molecule has 0 radical (unpaired) electrons. The van der Waals surface area contributed by atoms with Gasteiger partial charge < -0.3 is 20.9 Å². The Bertz CT molecular complexity index is 421. The summed E-state index contributed by atoms with van der Waals surface area (Å²) in [6.45, 7) is 3.92. The van der Waals surface area contributed by atoms with Gasteiger partial charge in [0.05, 0.1) is 5.92 Å². The molecule has 8 nitrogen and oxygen atoms in total. The normalized spacial score (nSPS) is 24.2. The third-order valence-electron chi connectivity index (χ3n) is 4.64. The third kappa shape index (κ3) is 5.17. The zero-order valence-electron chi connectivity index (χ0n) is 13.9. The van der Waals surface area contributed by atoms with Gasteiger partial charge in [0, 0.05) is 12.6 Å². The van der Waals surface area contributed by atoms with Crippen molar-refractivity contribution in [2.24, 2.45) is 11.7 Å². The van der Waals surface area contributed by atoms with Crippen LogP contribution in [0.3, 0.4) is 0 Å². The molecule has 1 rings (SSSR count). The van der Waals surface area contributed by atoms with Gasteiger partial charge in [-0.15, -0.1) is 0 Å². The minimum Gasteiger partial charge on any atom is -0.480 e. The third-order valence-corrected chi connectivity index (χ3v) is 4.64. The van der Waals surface area contributed by atoms with Gasteiger partial charge in [0.15, 0.2) is 0 Å². The number of nitrogens with zero attached hydrogens (tertiary/aromatic N) is 1. The molecule has 1 aliphatic heterocycles. The van der Waals surface area contributed by atoms with Crippen LogP contribution in [0, 0.1) is 5.92 Å². The molecule has 1 heterocycles. The first-order chi connectivity index (χ1) is 10.7. The Balaban J connectivity index is 2.72. The molecule has 0 saturated carbocycles. The number of nitrogens with two attached hydrogens (primary N) is 1. The van der Waals surface area contributed by atoms with E-state index in [1.165, 1.54) is 5.01 Å². The Kier molecular flexibility index (Phi) is 7.46. The van der Waals surface area contributed by atoms with Crippen molar-refractivity contribution in [3.63, 3.8) is 0 Å². The van der Waals surface area contributed by atoms with Crippen LogP contribution in [0.25, 0.3) is 0 Å². The lowest BCUT2D eigenvalue weighted by molar-refractivity contribution is -0.154. The van der Waals surface area contributed by atoms with Gasteiger partial charge in [0.2, 0.25) is 5.91 Å². The van der Waals surface area contributed by atoms with Crippen molar-refractivity contribution in [3.8, 4) is 0 Å². The van der Waals surface area contributed by atoms with Crippen molar-refractivity contribution >= 4 is 19.0 Å². The van der Waals surface area contributed by atoms with E-state index in [9.17, 15) is 14.7 Å². The van der Waals surface area contributed by atoms with Gasteiger partial charge >= 0.3 is 13.1 Å². The minimum absolute atomic E-state index is 0.212. The van der Waals surface area contributed by atoms with Crippen LogP contribution in [0.4, 0.5) is 0 Å². The molecule has 9 heteroatoms. The van der Waals surface area contributed by atoms with E-state index in [1.807, 2.05) is 0 Å². The van der Waals surface area contributed by atoms with Crippen LogP contribution in [0.1, 0.15) is 46.0 Å². The highest BCUT2D eigenvalue weighted by atomic mass is 16.4. The van der Waals surface area contributed by atoms with E-state index in [-0.39, 0.29) is 18.3 Å². The second-order valence-corrected chi connectivity index (χ2v) is 6.44. The number of hydrogen-bond donors (Lipinski definition) is 5. The van der Waals surface area contributed by atoms with Gasteiger partial charge in [-0.05, 0) is 32.5 Å². The molecular weight excluding hydrogens is 301 g/mol. The van der Waals surface area contributed by atoms with Crippen molar-refractivity contribution < 1.29 is 24.7 Å². The number of carboxylic acid groups (broad SMARTS) is 1. The minimum atomic E-state index is -1.37. The number of amides is 1. The lowest BCUT2D eigenvalue weighted by Crippen LogP contribution is -2.59. The number of carbonyl (C=O) groups is 2. The molecule has 1 amide bonds. The van der Waals surface area contributed by atoms with E-state index < -0.39 is 24.5 Å². The maximum absolute atomic E-state index is 12.2. The molecule has 0 aromatic carbocycles. The van der Waals surface area contributed by atoms with Crippen molar-refractivity contribution in [2.45, 2.75) is 63.9 Å². The topological polar surface area (TPSA) is 136 Å². The number of hydrazine groups is 1. The van der Waals surface area contributed by atoms with E-state index in [0.29, 0.717) is 38.6 Å². The first kappa shape index (κ1) is 19.9. The van der Waals surface area contributed by atoms with Gasteiger partial charge in [0.1, 0.15) is 5.54 Å². The zero-order valence-corrected chi connectivity index (χ0v) is 13.9. The number of carboxylic acids is 1. The van der Waals surface area contributed by atoms with Crippen molar-refractivity contribution in [1.29, 1.82) is 0 Å². The molecule has 1 saturated heterocycles. The summed E-state index contributed by atoms with van der Waals surface area (Å²) in [5.74, 6) is -1.65. The predicted octanol–water partition coefficient (Wildman–Crippen LogP) is -0.437. The monoisotopic (exact) mass is 329 g/mol. The van der Waals surface area contributed by atoms with E-state index >= 15 is 0 Å². The average Bonchev–Trinajstić information content (AvgIpc) is 2.86. The average molecular weight is 329 g/mol. The molecule has 132 valence electrons. The second kappa shape index (κ2) is 8.63. The predicted molar refractivity (Wildman–Crippen MR) is 86.1 cm³/mol. The summed E-state index contributed by atoms with van der Waals surface area (Å²) in [7, 11) is -1.37. The first-order valence-electron chi connectivity index (χ1n) is 8.14. The smallest absolute Gasteiger partial charge is 0.451 e. The van der Waals surface area contributed by atoms with Crippen LogP contribution in [-0.2, 0) is 9.59 Å². The van der Waals surface area contributed by atoms with Crippen molar-refractivity contribution in [1.82, 2.24) is 10.4 Å². The number of hydrogen-bond acceptors (Lipinski definition) is 6. The van der Waals surface area contributed by atoms with Gasteiger partial charge in [-0.2, -0.15) is 0 Å². The fourth-order valence-electron chi connectivity index (χ4n) is 2.85. The van der Waals surface area contributed by atoms with Crippen LogP contribution in [0.5, 0.6) is 0 Å². The van der Waals surface area contributed by atoms with Crippen molar-refractivity contribution in [3.05, 3.63) is 0 Å². The van der Waals surface area contributed by atoms with Gasteiger partial charge in [-0.25, -0.2) is 5.01 Å². The number of unbranched alkanes of at least 4 members (excludes halogenated alkanes) is 1. The highest BCUT2D eigenvalue weighted by molar-refractivity contribution is 6.40. The molecule has 0 aromatic rings. The lowest BCUT2D eigenvalue weighted by atomic mass is 9.81. The summed E-state index contributed by atoms with van der Waals surface area (Å²) in [5, 5.41) is 28.9. The van der Waals surface area contributed by atoms with E-state index in [1.54, 1.807) is 13.8 Å². The molecule has 0 spiro atoms. The Morgan fingerprint density at radius 1 is 1.35 bits per heavy atom. The number of aliphatic carboxylic acids is 1. The SMILES string of the molecule is CC(C(=O)NN1CCCC1(CCCCB(O)O)C(=O)O)[C@@H](C)N. The molecule has 1 aliphatic rings. The summed E-state index contributed by atoms with van der Waals surface area (Å²) in [4.78, 5) is 24.0. The van der Waals surface area contributed by atoms with E-state index in [4.69, 9.17) is 15.8 Å². The van der Waals surface area contributed by atoms with Crippen LogP contribution >= 0.6 is 0 Å². The standard InChI is InChI=1S/C14H28BN3O5/c1-10(11(2)16)12(19)17-18-9-5-7-14(18,13(20)21)6-3-4-8-15(22)23/h10-11,22-23H,3-9,16H2,1-2H3,(H,17,19)(H,20,21)/t10?,11-,14?/m1/s1. The lowest BCUT2D eigenvalue weighted by Gasteiger charge is -2.35. The van der Waals surface area contributed by atoms with E-state index in [0.717, 1.165) is 0 Å². The summed E-state index contributed by atoms with van der Waals surface area (Å²) in [6.07, 6.45) is 2.76. The van der Waals surface area contributed by atoms with Gasteiger partial charge in [-0.1, -0.05) is 19.8 Å². The van der Waals surface area contributed by atoms with Crippen LogP contribution < -0.4 is 11.2 Å². The van der Waals surface area contributed by atoms with Gasteiger partial charge in [0.25, 0.3) is 0 Å². The summed E-state index contributed by atoms with van der Waals surface area (Å²) >= 11 is 0. The molecule has 3 atom stereocenters. The fraction of sp³-hybridized carbons (Fsp3) is 0.857. The second-order valence-electron chi connectivity index (χ2n) is 6.44. The molecule has 6 N–H and O–H groups in total. The van der Waals surface area contributed by atoms with E-state index in [2.05, 4.69) is 5.43 Å². The number of carbonyl (C=O) groups excluding carboxylic acids is 1. The van der Waals surface area contributed by atoms with Crippen LogP contribution in [0.2, 0.25) is 6.32 Å². The fourth-order valence-corrected chi connectivity index (χ4v) is 2.85. The molecule has 1 fully saturated rings. The highest BCUT2D eigenvalue weighted by Gasteiger charge is 2.48. The Hall–Kier alpha value is -1.16. The van der Waals surface area contributed by atoms with Crippen LogP contribution in [-0.4, -0.2) is 57.3 Å². The number of rotatable bonds is 9. The largest absolute Gasteiger partial charge is 0.480 e. The molecule has 23 heavy (non-hydrogen) atoms. The molecule has 0 bridgehead atoms. The van der Waals surface area contributed by atoms with Crippen LogP contribution in [0.15, 0.2) is 0 Å². The maximum Gasteiger partial charge on any atom is 0.451 e. The quantitative estimate of drug-likeness (QED) is 0.286. The Morgan fingerprint density at radius 2 is 2.00 bits per heavy atom. The Morgan fingerprint density at radius 3 is 2.52 bits per heavy atom. The first-order valence-corrected chi connectivity index (χ1v) is 8.14.